The molecule has 3 nitrogen and oxygen atoms in total. The Hall–Kier alpha value is -1.58. The second kappa shape index (κ2) is 7.27. The molecule has 0 aromatic heterocycles. The maximum absolute atomic E-state index is 6.08. The fourth-order valence-corrected chi connectivity index (χ4v) is 2.09. The van der Waals surface area contributed by atoms with Crippen molar-refractivity contribution in [1.29, 1.82) is 0 Å². The van der Waals surface area contributed by atoms with Crippen LogP contribution in [0.4, 0.5) is 5.69 Å². The molecule has 2 aromatic rings. The molecule has 0 saturated carbocycles. The minimum Gasteiger partial charge on any atom is -0.493 e. The summed E-state index contributed by atoms with van der Waals surface area (Å²) in [5.74, 6) is 1.43. The average Bonchev–Trinajstić information content (AvgIpc) is 2.48. The quantitative estimate of drug-likeness (QED) is 0.797. The zero-order valence-electron chi connectivity index (χ0n) is 11.0. The lowest BCUT2D eigenvalue weighted by Crippen LogP contribution is -2.12. The molecular weight excluding hydrogens is 297 g/mol. The van der Waals surface area contributed by atoms with E-state index in [1.165, 1.54) is 0 Å². The third-order valence-electron chi connectivity index (χ3n) is 2.70. The number of benzene rings is 2. The molecule has 0 aliphatic heterocycles. The maximum Gasteiger partial charge on any atom is 0.161 e. The molecule has 0 atom stereocenters. The second-order valence-electron chi connectivity index (χ2n) is 4.03. The van der Waals surface area contributed by atoms with E-state index in [9.17, 15) is 0 Å². The first-order valence-electron chi connectivity index (χ1n) is 6.16. The van der Waals surface area contributed by atoms with Crippen molar-refractivity contribution in [2.24, 2.45) is 0 Å². The molecule has 0 unspecified atom stereocenters. The van der Waals surface area contributed by atoms with Crippen LogP contribution in [-0.2, 0) is 0 Å². The number of methoxy groups -OCH3 is 1. The van der Waals surface area contributed by atoms with Gasteiger partial charge in [-0.1, -0.05) is 41.4 Å². The molecule has 0 radical (unpaired) electrons. The van der Waals surface area contributed by atoms with E-state index in [0.717, 1.165) is 5.69 Å². The summed E-state index contributed by atoms with van der Waals surface area (Å²) in [5.41, 5.74) is 0.794. The van der Waals surface area contributed by atoms with Crippen LogP contribution in [0.2, 0.25) is 10.0 Å². The summed E-state index contributed by atoms with van der Waals surface area (Å²) in [6, 6.07) is 13.0. The van der Waals surface area contributed by atoms with Crippen molar-refractivity contribution in [3.8, 4) is 11.5 Å². The molecule has 0 bridgehead atoms. The normalized spacial score (nSPS) is 10.2. The van der Waals surface area contributed by atoms with Gasteiger partial charge in [-0.05, 0) is 24.3 Å². The topological polar surface area (TPSA) is 30.5 Å². The fourth-order valence-electron chi connectivity index (χ4n) is 1.73. The highest BCUT2D eigenvalue weighted by Gasteiger charge is 2.04. The Morgan fingerprint density at radius 3 is 2.50 bits per heavy atom. The first-order valence-corrected chi connectivity index (χ1v) is 6.91. The highest BCUT2D eigenvalue weighted by Crippen LogP contribution is 2.29. The minimum absolute atomic E-state index is 0.489. The van der Waals surface area contributed by atoms with Gasteiger partial charge in [0.1, 0.15) is 6.61 Å². The van der Waals surface area contributed by atoms with Crippen LogP contribution in [0.15, 0.2) is 42.5 Å². The number of anilines is 1. The number of halogens is 2. The first-order chi connectivity index (χ1) is 9.72. The van der Waals surface area contributed by atoms with Gasteiger partial charge in [0.15, 0.2) is 11.5 Å². The number of para-hydroxylation sites is 2. The van der Waals surface area contributed by atoms with Gasteiger partial charge in [-0.3, -0.25) is 0 Å². The van der Waals surface area contributed by atoms with E-state index in [2.05, 4.69) is 5.32 Å². The van der Waals surface area contributed by atoms with Crippen LogP contribution in [0.25, 0.3) is 0 Å². The van der Waals surface area contributed by atoms with Crippen molar-refractivity contribution < 1.29 is 9.47 Å². The molecule has 0 saturated heterocycles. The summed E-state index contributed by atoms with van der Waals surface area (Å²) in [6.45, 7) is 1.10. The Morgan fingerprint density at radius 2 is 1.75 bits per heavy atom. The standard InChI is InChI=1S/C15H15Cl2NO2/c1-19-13-7-2-3-8-14(13)20-10-9-18-12-6-4-5-11(16)15(12)17/h2-8,18H,9-10H2,1H3. The SMILES string of the molecule is COc1ccccc1OCCNc1cccc(Cl)c1Cl. The molecule has 106 valence electrons. The number of rotatable bonds is 6. The number of ether oxygens (including phenoxy) is 2. The lowest BCUT2D eigenvalue weighted by Gasteiger charge is -2.12. The number of hydrogen-bond donors (Lipinski definition) is 1. The van der Waals surface area contributed by atoms with Crippen LogP contribution in [0.3, 0.4) is 0 Å². The smallest absolute Gasteiger partial charge is 0.161 e. The monoisotopic (exact) mass is 311 g/mol. The third kappa shape index (κ3) is 3.71. The van der Waals surface area contributed by atoms with Crippen LogP contribution in [0, 0.1) is 0 Å². The largest absolute Gasteiger partial charge is 0.493 e. The van der Waals surface area contributed by atoms with Gasteiger partial charge in [-0.25, -0.2) is 0 Å². The van der Waals surface area contributed by atoms with Gasteiger partial charge in [0, 0.05) is 6.54 Å². The van der Waals surface area contributed by atoms with E-state index in [1.54, 1.807) is 13.2 Å². The Bertz CT molecular complexity index is 576. The van der Waals surface area contributed by atoms with Gasteiger partial charge in [0.2, 0.25) is 0 Å². The summed E-state index contributed by atoms with van der Waals surface area (Å²) in [6.07, 6.45) is 0. The van der Waals surface area contributed by atoms with E-state index in [-0.39, 0.29) is 0 Å². The van der Waals surface area contributed by atoms with Crippen molar-refractivity contribution >= 4 is 28.9 Å². The molecule has 1 N–H and O–H groups in total. The summed E-state index contributed by atoms with van der Waals surface area (Å²) in [5, 5.41) is 4.23. The summed E-state index contributed by atoms with van der Waals surface area (Å²) in [4.78, 5) is 0. The molecule has 0 heterocycles. The Labute approximate surface area is 128 Å². The maximum atomic E-state index is 6.08. The second-order valence-corrected chi connectivity index (χ2v) is 4.81. The molecule has 20 heavy (non-hydrogen) atoms. The number of nitrogens with one attached hydrogen (secondary N) is 1. The van der Waals surface area contributed by atoms with Gasteiger partial charge in [0.05, 0.1) is 22.8 Å². The van der Waals surface area contributed by atoms with E-state index in [4.69, 9.17) is 32.7 Å². The van der Waals surface area contributed by atoms with Gasteiger partial charge in [0.25, 0.3) is 0 Å². The average molecular weight is 312 g/mol. The first kappa shape index (κ1) is 14.8. The zero-order valence-corrected chi connectivity index (χ0v) is 12.5. The molecule has 0 fully saturated rings. The van der Waals surface area contributed by atoms with Crippen LogP contribution < -0.4 is 14.8 Å². The van der Waals surface area contributed by atoms with Gasteiger partial charge in [-0.2, -0.15) is 0 Å². The molecule has 0 amide bonds. The zero-order chi connectivity index (χ0) is 14.4. The van der Waals surface area contributed by atoms with Crippen LogP contribution in [-0.4, -0.2) is 20.3 Å². The van der Waals surface area contributed by atoms with E-state index < -0.39 is 0 Å². The predicted octanol–water partition coefficient (Wildman–Crippen LogP) is 4.49. The molecule has 2 aromatic carbocycles. The minimum atomic E-state index is 0.489. The summed E-state index contributed by atoms with van der Waals surface area (Å²) >= 11 is 12.0. The highest BCUT2D eigenvalue weighted by atomic mass is 35.5. The van der Waals surface area contributed by atoms with E-state index >= 15 is 0 Å². The van der Waals surface area contributed by atoms with Crippen LogP contribution >= 0.6 is 23.2 Å². The Balaban J connectivity index is 1.86. The van der Waals surface area contributed by atoms with E-state index in [1.807, 2.05) is 36.4 Å². The Kier molecular flexibility index (Phi) is 5.39. The van der Waals surface area contributed by atoms with Gasteiger partial charge in [-0.15, -0.1) is 0 Å². The lowest BCUT2D eigenvalue weighted by atomic mass is 10.3. The summed E-state index contributed by atoms with van der Waals surface area (Å²) in [7, 11) is 1.62. The van der Waals surface area contributed by atoms with Crippen molar-refractivity contribution in [3.63, 3.8) is 0 Å². The Morgan fingerprint density at radius 1 is 1.00 bits per heavy atom. The molecular formula is C15H15Cl2NO2. The number of hydrogen-bond acceptors (Lipinski definition) is 3. The highest BCUT2D eigenvalue weighted by molar-refractivity contribution is 6.43. The lowest BCUT2D eigenvalue weighted by molar-refractivity contribution is 0.306. The van der Waals surface area contributed by atoms with E-state index in [0.29, 0.717) is 34.7 Å². The molecule has 0 aliphatic rings. The van der Waals surface area contributed by atoms with Crippen LogP contribution in [0.5, 0.6) is 11.5 Å². The van der Waals surface area contributed by atoms with Crippen molar-refractivity contribution in [3.05, 3.63) is 52.5 Å². The summed E-state index contributed by atoms with van der Waals surface area (Å²) < 4.78 is 10.9. The van der Waals surface area contributed by atoms with Gasteiger partial charge < -0.3 is 14.8 Å². The third-order valence-corrected chi connectivity index (χ3v) is 3.51. The van der Waals surface area contributed by atoms with Crippen molar-refractivity contribution in [2.75, 3.05) is 25.6 Å². The van der Waals surface area contributed by atoms with Gasteiger partial charge >= 0.3 is 0 Å². The fraction of sp³-hybridized carbons (Fsp3) is 0.200. The van der Waals surface area contributed by atoms with Crippen LogP contribution in [0.1, 0.15) is 0 Å². The molecule has 2 rings (SSSR count). The predicted molar refractivity (Wildman–Crippen MR) is 83.4 cm³/mol. The van der Waals surface area contributed by atoms with Crippen molar-refractivity contribution in [2.45, 2.75) is 0 Å². The van der Waals surface area contributed by atoms with Crippen molar-refractivity contribution in [1.82, 2.24) is 0 Å². The molecule has 5 heteroatoms. The molecule has 0 spiro atoms. The molecule has 0 aliphatic carbocycles.